The van der Waals surface area contributed by atoms with Crippen molar-refractivity contribution >= 4 is 15.7 Å². The molecule has 1 saturated heterocycles. The first-order chi connectivity index (χ1) is 9.80. The fourth-order valence-electron chi connectivity index (χ4n) is 2.60. The highest BCUT2D eigenvalue weighted by molar-refractivity contribution is 7.89. The van der Waals surface area contributed by atoms with Crippen molar-refractivity contribution in [2.75, 3.05) is 31.2 Å². The van der Waals surface area contributed by atoms with Gasteiger partial charge >= 0.3 is 0 Å². The highest BCUT2D eigenvalue weighted by atomic mass is 32.2. The highest BCUT2D eigenvalue weighted by Crippen LogP contribution is 2.30. The van der Waals surface area contributed by atoms with E-state index in [4.69, 9.17) is 10.5 Å². The van der Waals surface area contributed by atoms with Crippen LogP contribution in [0.1, 0.15) is 26.7 Å². The molecule has 2 N–H and O–H groups in total. The van der Waals surface area contributed by atoms with E-state index in [0.29, 0.717) is 24.5 Å². The molecule has 5 nitrogen and oxygen atoms in total. The molecule has 0 aliphatic carbocycles. The van der Waals surface area contributed by atoms with Gasteiger partial charge in [-0.1, -0.05) is 26.0 Å². The largest absolute Gasteiger partial charge is 0.490 e. The van der Waals surface area contributed by atoms with E-state index in [1.165, 1.54) is 0 Å². The minimum atomic E-state index is -3.27. The summed E-state index contributed by atoms with van der Waals surface area (Å²) in [7, 11) is -3.27. The van der Waals surface area contributed by atoms with E-state index in [2.05, 4.69) is 13.8 Å². The zero-order chi connectivity index (χ0) is 15.5. The number of nitrogens with zero attached hydrogens (tertiary/aromatic N) is 1. The predicted octanol–water partition coefficient (Wildman–Crippen LogP) is 2.10. The van der Waals surface area contributed by atoms with Crippen LogP contribution in [0.15, 0.2) is 24.3 Å². The van der Waals surface area contributed by atoms with Gasteiger partial charge in [0, 0.05) is 13.1 Å². The number of nitrogen functional groups attached to an aromatic ring is 1. The van der Waals surface area contributed by atoms with Crippen LogP contribution in [0.3, 0.4) is 0 Å². The molecule has 1 heterocycles. The molecular formula is C15H24N2O3S. The van der Waals surface area contributed by atoms with Gasteiger partial charge in [-0.05, 0) is 30.4 Å². The van der Waals surface area contributed by atoms with Crippen LogP contribution in [0.25, 0.3) is 0 Å². The maximum absolute atomic E-state index is 12.4. The zero-order valence-corrected chi connectivity index (χ0v) is 13.5. The van der Waals surface area contributed by atoms with Crippen molar-refractivity contribution < 1.29 is 13.2 Å². The second-order valence-electron chi connectivity index (χ2n) is 6.30. The first-order valence-electron chi connectivity index (χ1n) is 7.25. The van der Waals surface area contributed by atoms with Crippen molar-refractivity contribution in [1.82, 2.24) is 4.31 Å². The summed E-state index contributed by atoms with van der Waals surface area (Å²) in [6.07, 6.45) is 1.98. The number of hydrogen-bond donors (Lipinski definition) is 1. The molecule has 0 bridgehead atoms. The highest BCUT2D eigenvalue weighted by Gasteiger charge is 2.32. The fraction of sp³-hybridized carbons (Fsp3) is 0.600. The number of nitrogens with two attached hydrogens (primary N) is 1. The summed E-state index contributed by atoms with van der Waals surface area (Å²) >= 11 is 0. The Morgan fingerprint density at radius 2 is 2.05 bits per heavy atom. The van der Waals surface area contributed by atoms with Gasteiger partial charge in [0.1, 0.15) is 12.4 Å². The normalized spacial score (nSPS) is 19.3. The Labute approximate surface area is 127 Å². The molecule has 0 amide bonds. The number of para-hydroxylation sites is 2. The molecule has 1 fully saturated rings. The van der Waals surface area contributed by atoms with Crippen LogP contribution in [0.4, 0.5) is 5.69 Å². The van der Waals surface area contributed by atoms with Gasteiger partial charge < -0.3 is 10.5 Å². The molecular weight excluding hydrogens is 288 g/mol. The molecule has 1 aromatic rings. The van der Waals surface area contributed by atoms with Gasteiger partial charge in [-0.3, -0.25) is 0 Å². The lowest BCUT2D eigenvalue weighted by Gasteiger charge is -2.37. The molecule has 1 aliphatic heterocycles. The molecule has 21 heavy (non-hydrogen) atoms. The van der Waals surface area contributed by atoms with Crippen molar-refractivity contribution in [2.24, 2.45) is 5.41 Å². The zero-order valence-electron chi connectivity index (χ0n) is 12.7. The predicted molar refractivity (Wildman–Crippen MR) is 84.7 cm³/mol. The summed E-state index contributed by atoms with van der Waals surface area (Å²) in [6.45, 7) is 5.53. The van der Waals surface area contributed by atoms with Crippen LogP contribution in [0.2, 0.25) is 0 Å². The molecule has 0 radical (unpaired) electrons. The van der Waals surface area contributed by atoms with Crippen LogP contribution in [-0.2, 0) is 10.0 Å². The minimum absolute atomic E-state index is 0.0165. The topological polar surface area (TPSA) is 72.6 Å². The Hall–Kier alpha value is -1.27. The van der Waals surface area contributed by atoms with E-state index in [1.54, 1.807) is 16.4 Å². The first kappa shape index (κ1) is 16.1. The summed E-state index contributed by atoms with van der Waals surface area (Å²) in [5, 5.41) is 0. The van der Waals surface area contributed by atoms with E-state index in [-0.39, 0.29) is 17.8 Å². The summed E-state index contributed by atoms with van der Waals surface area (Å²) in [4.78, 5) is 0. The third-order valence-electron chi connectivity index (χ3n) is 3.78. The van der Waals surface area contributed by atoms with Gasteiger partial charge in [-0.25, -0.2) is 12.7 Å². The van der Waals surface area contributed by atoms with E-state index in [9.17, 15) is 8.42 Å². The second-order valence-corrected chi connectivity index (χ2v) is 8.39. The summed E-state index contributed by atoms with van der Waals surface area (Å²) in [5.74, 6) is 0.518. The van der Waals surface area contributed by atoms with Crippen molar-refractivity contribution in [2.45, 2.75) is 26.7 Å². The third kappa shape index (κ3) is 4.35. The number of hydrogen-bond acceptors (Lipinski definition) is 4. The molecule has 1 aromatic carbocycles. The smallest absolute Gasteiger partial charge is 0.217 e. The van der Waals surface area contributed by atoms with Gasteiger partial charge in [-0.15, -0.1) is 0 Å². The van der Waals surface area contributed by atoms with Gasteiger partial charge in [0.2, 0.25) is 10.0 Å². The summed E-state index contributed by atoms with van der Waals surface area (Å²) in [6, 6.07) is 7.10. The van der Waals surface area contributed by atoms with E-state index < -0.39 is 10.0 Å². The molecule has 118 valence electrons. The lowest BCUT2D eigenvalue weighted by atomic mass is 9.85. The Bertz CT molecular complexity index is 584. The van der Waals surface area contributed by atoms with E-state index in [1.807, 2.05) is 12.1 Å². The Morgan fingerprint density at radius 1 is 1.33 bits per heavy atom. The first-order valence-corrected chi connectivity index (χ1v) is 8.86. The number of sulfonamides is 1. The molecule has 1 aliphatic rings. The fourth-order valence-corrected chi connectivity index (χ4v) is 4.11. The van der Waals surface area contributed by atoms with Crippen LogP contribution in [-0.4, -0.2) is 38.2 Å². The second kappa shape index (κ2) is 6.23. The van der Waals surface area contributed by atoms with Gasteiger partial charge in [0.05, 0.1) is 11.4 Å². The molecule has 0 atom stereocenters. The monoisotopic (exact) mass is 312 g/mol. The average Bonchev–Trinajstić information content (AvgIpc) is 2.40. The molecule has 2 rings (SSSR count). The van der Waals surface area contributed by atoms with Gasteiger partial charge in [0.15, 0.2) is 0 Å². The van der Waals surface area contributed by atoms with E-state index >= 15 is 0 Å². The standard InChI is InChI=1S/C15H24N2O3S/c1-15(2)8-5-9-17(12-15)21(18,19)11-10-20-14-7-4-3-6-13(14)16/h3-4,6-7H,5,8-12,16H2,1-2H3. The molecule has 0 saturated carbocycles. The average molecular weight is 312 g/mol. The molecule has 0 unspecified atom stereocenters. The van der Waals surface area contributed by atoms with E-state index in [0.717, 1.165) is 12.8 Å². The van der Waals surface area contributed by atoms with Crippen LogP contribution >= 0.6 is 0 Å². The lowest BCUT2D eigenvalue weighted by Crippen LogP contribution is -2.45. The third-order valence-corrected chi connectivity index (χ3v) is 5.56. The SMILES string of the molecule is CC1(C)CCCN(S(=O)(=O)CCOc2ccccc2N)C1. The van der Waals surface area contributed by atoms with Crippen LogP contribution < -0.4 is 10.5 Å². The summed E-state index contributed by atoms with van der Waals surface area (Å²) in [5.41, 5.74) is 6.34. The number of piperidine rings is 1. The van der Waals surface area contributed by atoms with Crippen molar-refractivity contribution in [3.63, 3.8) is 0 Å². The van der Waals surface area contributed by atoms with Crippen molar-refractivity contribution in [1.29, 1.82) is 0 Å². The maximum atomic E-state index is 12.4. The number of ether oxygens (including phenoxy) is 1. The molecule has 0 spiro atoms. The van der Waals surface area contributed by atoms with Crippen LogP contribution in [0.5, 0.6) is 5.75 Å². The quantitative estimate of drug-likeness (QED) is 0.845. The van der Waals surface area contributed by atoms with Gasteiger partial charge in [0.25, 0.3) is 0 Å². The number of rotatable bonds is 5. The Balaban J connectivity index is 1.91. The Morgan fingerprint density at radius 3 is 2.71 bits per heavy atom. The van der Waals surface area contributed by atoms with Crippen LogP contribution in [0, 0.1) is 5.41 Å². The van der Waals surface area contributed by atoms with Crippen molar-refractivity contribution in [3.8, 4) is 5.75 Å². The number of anilines is 1. The van der Waals surface area contributed by atoms with Crippen molar-refractivity contribution in [3.05, 3.63) is 24.3 Å². The molecule has 6 heteroatoms. The summed E-state index contributed by atoms with van der Waals surface area (Å²) < 4.78 is 31.8. The maximum Gasteiger partial charge on any atom is 0.217 e. The number of benzene rings is 1. The minimum Gasteiger partial charge on any atom is -0.490 e. The molecule has 0 aromatic heterocycles. The lowest BCUT2D eigenvalue weighted by molar-refractivity contribution is 0.186. The Kier molecular flexibility index (Phi) is 4.78. The van der Waals surface area contributed by atoms with Gasteiger partial charge in [-0.2, -0.15) is 0 Å².